The highest BCUT2D eigenvalue weighted by molar-refractivity contribution is 5.37. The number of aliphatic hydroxyl groups is 1. The maximum Gasteiger partial charge on any atom is 0.129 e. The zero-order chi connectivity index (χ0) is 12.4. The van der Waals surface area contributed by atoms with Crippen molar-refractivity contribution in [3.63, 3.8) is 0 Å². The third-order valence-corrected chi connectivity index (χ3v) is 3.50. The van der Waals surface area contributed by atoms with Gasteiger partial charge in [-0.2, -0.15) is 0 Å². The molecule has 18 heavy (non-hydrogen) atoms. The Morgan fingerprint density at radius 1 is 1.00 bits per heavy atom. The Hall–Kier alpha value is -1.80. The molecule has 0 amide bonds. The normalized spacial score (nSPS) is 22.1. The Kier molecular flexibility index (Phi) is 3.03. The summed E-state index contributed by atoms with van der Waals surface area (Å²) in [6, 6.07) is 18.2. The van der Waals surface area contributed by atoms with Crippen LogP contribution in [0.25, 0.3) is 0 Å². The van der Waals surface area contributed by atoms with E-state index in [2.05, 4.69) is 18.2 Å². The molecule has 0 bridgehead atoms. The average Bonchev–Trinajstić information content (AvgIpc) is 2.46. The number of ether oxygens (including phenoxy) is 1. The number of para-hydroxylation sites is 1. The fraction of sp³-hybridized carbons (Fsp3) is 0.250. The molecule has 0 fully saturated rings. The summed E-state index contributed by atoms with van der Waals surface area (Å²) in [5.74, 6) is 1.07. The molecular weight excluding hydrogens is 224 g/mol. The first-order valence-electron chi connectivity index (χ1n) is 6.29. The summed E-state index contributed by atoms with van der Waals surface area (Å²) in [6.45, 7) is 0.147. The van der Waals surface area contributed by atoms with Gasteiger partial charge in [0.1, 0.15) is 11.9 Å². The van der Waals surface area contributed by atoms with Crippen molar-refractivity contribution >= 4 is 0 Å². The monoisotopic (exact) mass is 240 g/mol. The number of aliphatic hydroxyl groups excluding tert-OH is 1. The number of benzene rings is 2. The predicted molar refractivity (Wildman–Crippen MR) is 70.5 cm³/mol. The number of rotatable bonds is 2. The maximum atomic E-state index is 9.57. The van der Waals surface area contributed by atoms with Gasteiger partial charge in [-0.05, 0) is 23.6 Å². The van der Waals surface area contributed by atoms with Crippen molar-refractivity contribution in [1.29, 1.82) is 0 Å². The van der Waals surface area contributed by atoms with E-state index in [4.69, 9.17) is 4.74 Å². The summed E-state index contributed by atoms with van der Waals surface area (Å²) >= 11 is 0. The van der Waals surface area contributed by atoms with E-state index in [1.807, 2.05) is 36.4 Å². The van der Waals surface area contributed by atoms with Crippen LogP contribution in [0.5, 0.6) is 5.75 Å². The van der Waals surface area contributed by atoms with Crippen LogP contribution in [0.1, 0.15) is 17.2 Å². The van der Waals surface area contributed by atoms with Crippen LogP contribution >= 0.6 is 0 Å². The second kappa shape index (κ2) is 4.83. The molecule has 2 atom stereocenters. The molecule has 2 heteroatoms. The van der Waals surface area contributed by atoms with Crippen LogP contribution in [-0.2, 0) is 6.42 Å². The second-order valence-electron chi connectivity index (χ2n) is 4.70. The minimum absolute atomic E-state index is 0.0499. The van der Waals surface area contributed by atoms with Crippen molar-refractivity contribution in [2.24, 2.45) is 5.92 Å². The molecule has 2 nitrogen and oxygen atoms in total. The van der Waals surface area contributed by atoms with Gasteiger partial charge in [0.25, 0.3) is 0 Å². The lowest BCUT2D eigenvalue weighted by Crippen LogP contribution is -2.28. The van der Waals surface area contributed by atoms with Crippen LogP contribution in [0.3, 0.4) is 0 Å². The Balaban J connectivity index is 1.96. The van der Waals surface area contributed by atoms with E-state index in [1.165, 1.54) is 5.56 Å². The lowest BCUT2D eigenvalue weighted by molar-refractivity contribution is 0.0698. The summed E-state index contributed by atoms with van der Waals surface area (Å²) in [6.07, 6.45) is 0.817. The Morgan fingerprint density at radius 3 is 2.50 bits per heavy atom. The van der Waals surface area contributed by atoms with Gasteiger partial charge in [-0.1, -0.05) is 48.5 Å². The van der Waals surface area contributed by atoms with E-state index in [-0.39, 0.29) is 18.6 Å². The number of hydrogen-bond donors (Lipinski definition) is 1. The first-order valence-corrected chi connectivity index (χ1v) is 6.29. The standard InChI is InChI=1S/C16H16O2/c17-11-14-10-13-8-4-5-9-15(13)18-16(14)12-6-2-1-3-7-12/h1-9,14,16-17H,10-11H2/t14-,16-/m0/s1. The highest BCUT2D eigenvalue weighted by Gasteiger charge is 2.30. The molecule has 2 aromatic rings. The number of fused-ring (bicyclic) bond motifs is 1. The molecule has 0 saturated heterocycles. The molecule has 1 heterocycles. The van der Waals surface area contributed by atoms with Crippen molar-refractivity contribution in [1.82, 2.24) is 0 Å². The van der Waals surface area contributed by atoms with Crippen LogP contribution in [-0.4, -0.2) is 11.7 Å². The van der Waals surface area contributed by atoms with Gasteiger partial charge < -0.3 is 9.84 Å². The van der Waals surface area contributed by atoms with Gasteiger partial charge in [0.15, 0.2) is 0 Å². The quantitative estimate of drug-likeness (QED) is 0.874. The fourth-order valence-electron chi connectivity index (χ4n) is 2.55. The summed E-state index contributed by atoms with van der Waals surface area (Å²) in [5, 5.41) is 9.57. The number of hydrogen-bond acceptors (Lipinski definition) is 2. The van der Waals surface area contributed by atoms with Crippen molar-refractivity contribution in [3.05, 3.63) is 65.7 Å². The van der Waals surface area contributed by atoms with Gasteiger partial charge in [0.05, 0.1) is 6.61 Å². The highest BCUT2D eigenvalue weighted by atomic mass is 16.5. The SMILES string of the molecule is OC[C@@H]1Cc2ccccc2O[C@H]1c1ccccc1. The van der Waals surface area contributed by atoms with Gasteiger partial charge in [0.2, 0.25) is 0 Å². The van der Waals surface area contributed by atoms with Crippen molar-refractivity contribution in [3.8, 4) is 5.75 Å². The van der Waals surface area contributed by atoms with Crippen LogP contribution in [0.2, 0.25) is 0 Å². The topological polar surface area (TPSA) is 29.5 Å². The molecule has 0 radical (unpaired) electrons. The lowest BCUT2D eigenvalue weighted by Gasteiger charge is -2.33. The molecule has 0 aliphatic carbocycles. The highest BCUT2D eigenvalue weighted by Crippen LogP contribution is 2.38. The first-order chi connectivity index (χ1) is 8.88. The Bertz CT molecular complexity index is 522. The molecular formula is C16H16O2. The van der Waals surface area contributed by atoms with E-state index in [0.717, 1.165) is 17.7 Å². The van der Waals surface area contributed by atoms with Gasteiger partial charge in [-0.15, -0.1) is 0 Å². The van der Waals surface area contributed by atoms with Gasteiger partial charge >= 0.3 is 0 Å². The summed E-state index contributed by atoms with van der Waals surface area (Å²) < 4.78 is 6.06. The Labute approximate surface area is 107 Å². The molecule has 0 spiro atoms. The summed E-state index contributed by atoms with van der Waals surface area (Å²) in [5.41, 5.74) is 2.31. The van der Waals surface area contributed by atoms with E-state index in [0.29, 0.717) is 0 Å². The molecule has 0 unspecified atom stereocenters. The van der Waals surface area contributed by atoms with E-state index in [1.54, 1.807) is 0 Å². The molecule has 0 aromatic heterocycles. The molecule has 1 N–H and O–H groups in total. The predicted octanol–water partition coefficient (Wildman–Crippen LogP) is 2.97. The minimum Gasteiger partial charge on any atom is -0.485 e. The zero-order valence-electron chi connectivity index (χ0n) is 10.1. The van der Waals surface area contributed by atoms with E-state index < -0.39 is 0 Å². The smallest absolute Gasteiger partial charge is 0.129 e. The molecule has 1 aliphatic rings. The first kappa shape index (κ1) is 11.3. The Morgan fingerprint density at radius 2 is 1.72 bits per heavy atom. The molecule has 2 aromatic carbocycles. The zero-order valence-corrected chi connectivity index (χ0v) is 10.1. The third kappa shape index (κ3) is 2.00. The maximum absolute atomic E-state index is 9.57. The van der Waals surface area contributed by atoms with Gasteiger partial charge in [-0.25, -0.2) is 0 Å². The van der Waals surface area contributed by atoms with Crippen molar-refractivity contribution in [2.45, 2.75) is 12.5 Å². The van der Waals surface area contributed by atoms with Gasteiger partial charge in [-0.3, -0.25) is 0 Å². The van der Waals surface area contributed by atoms with Crippen molar-refractivity contribution < 1.29 is 9.84 Å². The fourth-order valence-corrected chi connectivity index (χ4v) is 2.55. The van der Waals surface area contributed by atoms with Crippen molar-refractivity contribution in [2.75, 3.05) is 6.61 Å². The second-order valence-corrected chi connectivity index (χ2v) is 4.70. The van der Waals surface area contributed by atoms with Crippen LogP contribution < -0.4 is 4.74 Å². The minimum atomic E-state index is -0.0499. The van der Waals surface area contributed by atoms with E-state index >= 15 is 0 Å². The third-order valence-electron chi connectivity index (χ3n) is 3.50. The molecule has 92 valence electrons. The largest absolute Gasteiger partial charge is 0.485 e. The van der Waals surface area contributed by atoms with Crippen LogP contribution in [0.4, 0.5) is 0 Å². The van der Waals surface area contributed by atoms with Crippen LogP contribution in [0, 0.1) is 5.92 Å². The van der Waals surface area contributed by atoms with Gasteiger partial charge in [0, 0.05) is 5.92 Å². The van der Waals surface area contributed by atoms with Crippen LogP contribution in [0.15, 0.2) is 54.6 Å². The van der Waals surface area contributed by atoms with E-state index in [9.17, 15) is 5.11 Å². The summed E-state index contributed by atoms with van der Waals surface area (Å²) in [7, 11) is 0. The average molecular weight is 240 g/mol. The lowest BCUT2D eigenvalue weighted by atomic mass is 9.87. The summed E-state index contributed by atoms with van der Waals surface area (Å²) in [4.78, 5) is 0. The molecule has 3 rings (SSSR count). The molecule has 0 saturated carbocycles. The molecule has 1 aliphatic heterocycles.